The number of fused-ring (bicyclic) bond motifs is 1. The van der Waals surface area contributed by atoms with Crippen LogP contribution in [0.15, 0.2) is 70.6 Å². The Hall–Kier alpha value is -3.30. The van der Waals surface area contributed by atoms with E-state index in [2.05, 4.69) is 10.3 Å². The van der Waals surface area contributed by atoms with Crippen LogP contribution in [0.2, 0.25) is 5.02 Å². The van der Waals surface area contributed by atoms with Crippen molar-refractivity contribution in [2.24, 2.45) is 0 Å². The average molecular weight is 490 g/mol. The van der Waals surface area contributed by atoms with Gasteiger partial charge in [0.05, 0.1) is 27.5 Å². The van der Waals surface area contributed by atoms with Gasteiger partial charge in [-0.15, -0.1) is 0 Å². The number of aromatic nitrogens is 2. The summed E-state index contributed by atoms with van der Waals surface area (Å²) >= 11 is 7.05. The van der Waals surface area contributed by atoms with E-state index >= 15 is 0 Å². The minimum absolute atomic E-state index is 0.203. The van der Waals surface area contributed by atoms with E-state index in [-0.39, 0.29) is 10.7 Å². The highest BCUT2D eigenvalue weighted by Gasteiger charge is 2.22. The molecular weight excluding hydrogens is 475 g/mol. The molecule has 33 heavy (non-hydrogen) atoms. The SMILES string of the molecule is CC(Sc1nc2ccccc2c(=O)n1-c1cccc(Cl)c1)C(=O)Nc1ccc(F)c(F)c1F. The summed E-state index contributed by atoms with van der Waals surface area (Å²) in [5.41, 5.74) is 0.0322. The first-order valence-electron chi connectivity index (χ1n) is 9.65. The molecule has 0 bridgehead atoms. The van der Waals surface area contributed by atoms with E-state index in [1.165, 1.54) is 11.5 Å². The van der Waals surface area contributed by atoms with E-state index in [1.807, 2.05) is 0 Å². The van der Waals surface area contributed by atoms with E-state index in [9.17, 15) is 22.8 Å². The molecule has 0 saturated heterocycles. The van der Waals surface area contributed by atoms with Crippen LogP contribution in [0.25, 0.3) is 16.6 Å². The Bertz CT molecular complexity index is 1440. The molecule has 10 heteroatoms. The van der Waals surface area contributed by atoms with Crippen LogP contribution in [-0.4, -0.2) is 20.7 Å². The molecule has 0 saturated carbocycles. The van der Waals surface area contributed by atoms with Crippen LogP contribution in [0.1, 0.15) is 6.92 Å². The molecule has 0 aliphatic rings. The van der Waals surface area contributed by atoms with Crippen LogP contribution in [0.3, 0.4) is 0 Å². The number of rotatable bonds is 5. The first kappa shape index (κ1) is 22.9. The van der Waals surface area contributed by atoms with Crippen LogP contribution in [0.4, 0.5) is 18.9 Å². The van der Waals surface area contributed by atoms with Crippen molar-refractivity contribution in [2.75, 3.05) is 5.32 Å². The van der Waals surface area contributed by atoms with Crippen molar-refractivity contribution in [3.05, 3.63) is 93.5 Å². The summed E-state index contributed by atoms with van der Waals surface area (Å²) in [6.45, 7) is 1.52. The molecule has 0 radical (unpaired) electrons. The average Bonchev–Trinajstić information content (AvgIpc) is 2.79. The second-order valence-electron chi connectivity index (χ2n) is 7.00. The quantitative estimate of drug-likeness (QED) is 0.226. The van der Waals surface area contributed by atoms with Gasteiger partial charge < -0.3 is 5.32 Å². The Morgan fingerprint density at radius 2 is 1.82 bits per heavy atom. The molecule has 0 aliphatic carbocycles. The zero-order valence-corrected chi connectivity index (χ0v) is 18.6. The minimum atomic E-state index is -1.68. The molecule has 5 nitrogen and oxygen atoms in total. The van der Waals surface area contributed by atoms with E-state index in [0.717, 1.165) is 17.8 Å². The van der Waals surface area contributed by atoms with Crippen molar-refractivity contribution in [1.82, 2.24) is 9.55 Å². The van der Waals surface area contributed by atoms with Gasteiger partial charge in [0.1, 0.15) is 0 Å². The summed E-state index contributed by atoms with van der Waals surface area (Å²) in [6, 6.07) is 15.0. The Kier molecular flexibility index (Phi) is 6.44. The lowest BCUT2D eigenvalue weighted by molar-refractivity contribution is -0.115. The number of hydrogen-bond acceptors (Lipinski definition) is 4. The van der Waals surface area contributed by atoms with Gasteiger partial charge in [-0.1, -0.05) is 41.6 Å². The summed E-state index contributed by atoms with van der Waals surface area (Å²) in [6.07, 6.45) is 0. The Morgan fingerprint density at radius 3 is 2.58 bits per heavy atom. The zero-order chi connectivity index (χ0) is 23.7. The van der Waals surface area contributed by atoms with Crippen molar-refractivity contribution in [1.29, 1.82) is 0 Å². The van der Waals surface area contributed by atoms with E-state index in [0.29, 0.717) is 27.7 Å². The lowest BCUT2D eigenvalue weighted by Gasteiger charge is -2.17. The number of carbonyl (C=O) groups is 1. The largest absolute Gasteiger partial charge is 0.323 e. The number of nitrogens with zero attached hydrogens (tertiary/aromatic N) is 2. The molecule has 0 fully saturated rings. The Morgan fingerprint density at radius 1 is 1.06 bits per heavy atom. The summed E-state index contributed by atoms with van der Waals surface area (Å²) in [5, 5.41) is 2.35. The second kappa shape index (κ2) is 9.29. The molecule has 1 atom stereocenters. The second-order valence-corrected chi connectivity index (χ2v) is 8.75. The maximum absolute atomic E-state index is 14.0. The van der Waals surface area contributed by atoms with E-state index in [1.54, 1.807) is 48.5 Å². The van der Waals surface area contributed by atoms with E-state index in [4.69, 9.17) is 11.6 Å². The molecule has 168 valence electrons. The van der Waals surface area contributed by atoms with Crippen molar-refractivity contribution >= 4 is 45.9 Å². The van der Waals surface area contributed by atoms with Crippen LogP contribution in [0, 0.1) is 17.5 Å². The topological polar surface area (TPSA) is 64.0 Å². The lowest BCUT2D eigenvalue weighted by Crippen LogP contribution is -2.26. The van der Waals surface area contributed by atoms with Gasteiger partial charge in [-0.2, -0.15) is 0 Å². The summed E-state index contributed by atoms with van der Waals surface area (Å²) in [5.74, 6) is -5.23. The molecule has 0 spiro atoms. The van der Waals surface area contributed by atoms with Crippen molar-refractivity contribution in [2.45, 2.75) is 17.3 Å². The van der Waals surface area contributed by atoms with Crippen molar-refractivity contribution in [3.63, 3.8) is 0 Å². The molecule has 3 aromatic carbocycles. The number of amides is 1. The molecule has 1 amide bonds. The third-order valence-electron chi connectivity index (χ3n) is 4.76. The fraction of sp³-hybridized carbons (Fsp3) is 0.0870. The summed E-state index contributed by atoms with van der Waals surface area (Å²) < 4.78 is 41.9. The number of halogens is 4. The molecule has 4 rings (SSSR count). The highest BCUT2D eigenvalue weighted by atomic mass is 35.5. The van der Waals surface area contributed by atoms with Crippen LogP contribution in [-0.2, 0) is 4.79 Å². The molecule has 0 aliphatic heterocycles. The maximum atomic E-state index is 14.0. The zero-order valence-electron chi connectivity index (χ0n) is 17.0. The number of benzene rings is 3. The van der Waals surface area contributed by atoms with Gasteiger partial charge in [-0.3, -0.25) is 14.2 Å². The lowest BCUT2D eigenvalue weighted by atomic mass is 10.2. The van der Waals surface area contributed by atoms with Crippen LogP contribution < -0.4 is 10.9 Å². The van der Waals surface area contributed by atoms with E-state index < -0.39 is 34.3 Å². The molecule has 1 unspecified atom stereocenters. The predicted molar refractivity (Wildman–Crippen MR) is 123 cm³/mol. The first-order valence-corrected chi connectivity index (χ1v) is 10.9. The predicted octanol–water partition coefficient (Wildman–Crippen LogP) is 5.58. The summed E-state index contributed by atoms with van der Waals surface area (Å²) in [7, 11) is 0. The Balaban J connectivity index is 1.72. The molecule has 1 heterocycles. The number of para-hydroxylation sites is 1. The highest BCUT2D eigenvalue weighted by Crippen LogP contribution is 2.27. The van der Waals surface area contributed by atoms with Gasteiger partial charge in [-0.05, 0) is 49.4 Å². The maximum Gasteiger partial charge on any atom is 0.266 e. The van der Waals surface area contributed by atoms with Crippen LogP contribution >= 0.6 is 23.4 Å². The molecular formula is C23H15ClF3N3O2S. The van der Waals surface area contributed by atoms with Crippen molar-refractivity contribution < 1.29 is 18.0 Å². The van der Waals surface area contributed by atoms with Gasteiger partial charge in [0.15, 0.2) is 22.6 Å². The fourth-order valence-electron chi connectivity index (χ4n) is 3.10. The molecule has 4 aromatic rings. The monoisotopic (exact) mass is 489 g/mol. The standard InChI is InChI=1S/C23H15ClF3N3O2S/c1-12(21(31)28-18-10-9-16(25)19(26)20(18)27)33-23-29-17-8-3-2-7-15(17)22(32)30(23)14-6-4-5-13(24)11-14/h2-12H,1H3,(H,28,31). The van der Waals surface area contributed by atoms with Gasteiger partial charge in [0, 0.05) is 5.02 Å². The van der Waals surface area contributed by atoms with Crippen LogP contribution in [0.5, 0.6) is 0 Å². The summed E-state index contributed by atoms with van der Waals surface area (Å²) in [4.78, 5) is 30.5. The first-order chi connectivity index (χ1) is 15.8. The van der Waals surface area contributed by atoms with Crippen molar-refractivity contribution in [3.8, 4) is 5.69 Å². The number of thioether (sulfide) groups is 1. The molecule has 1 N–H and O–H groups in total. The normalized spacial score (nSPS) is 12.0. The van der Waals surface area contributed by atoms with Gasteiger partial charge in [0.2, 0.25) is 5.91 Å². The number of anilines is 1. The van der Waals surface area contributed by atoms with Gasteiger partial charge in [0.25, 0.3) is 5.56 Å². The minimum Gasteiger partial charge on any atom is -0.323 e. The third-order valence-corrected chi connectivity index (χ3v) is 6.04. The number of hydrogen-bond donors (Lipinski definition) is 1. The van der Waals surface area contributed by atoms with Gasteiger partial charge in [-0.25, -0.2) is 18.2 Å². The smallest absolute Gasteiger partial charge is 0.266 e. The Labute approximate surface area is 195 Å². The molecule has 1 aromatic heterocycles. The number of carbonyl (C=O) groups excluding carboxylic acids is 1. The highest BCUT2D eigenvalue weighted by molar-refractivity contribution is 8.00. The van der Waals surface area contributed by atoms with Gasteiger partial charge >= 0.3 is 0 Å². The number of nitrogens with one attached hydrogen (secondary N) is 1. The fourth-order valence-corrected chi connectivity index (χ4v) is 4.21. The third kappa shape index (κ3) is 4.60.